The van der Waals surface area contributed by atoms with Crippen molar-refractivity contribution < 1.29 is 27.5 Å². The lowest BCUT2D eigenvalue weighted by atomic mass is 10.1. The van der Waals surface area contributed by atoms with Crippen molar-refractivity contribution >= 4 is 29.4 Å². The maximum Gasteiger partial charge on any atom is 0.410 e. The molecular weight excluding hydrogens is 451 g/mol. The predicted octanol–water partition coefficient (Wildman–Crippen LogP) is 3.02. The Hall–Kier alpha value is -2.89. The van der Waals surface area contributed by atoms with Crippen molar-refractivity contribution in [3.05, 3.63) is 58.7 Å². The zero-order valence-electron chi connectivity index (χ0n) is 16.9. The molecule has 1 fully saturated rings. The fourth-order valence-electron chi connectivity index (χ4n) is 3.28. The molecule has 0 saturated carbocycles. The number of carbonyl (C=O) groups excluding carboxylic acids is 2. The van der Waals surface area contributed by atoms with Gasteiger partial charge in [0.15, 0.2) is 0 Å². The number of amides is 3. The zero-order chi connectivity index (χ0) is 23.5. The summed E-state index contributed by atoms with van der Waals surface area (Å²) in [5.74, 6) is -0.415. The number of aromatic nitrogens is 1. The lowest BCUT2D eigenvalue weighted by molar-refractivity contribution is -0.150. The van der Waals surface area contributed by atoms with Crippen LogP contribution in [0.15, 0.2) is 42.6 Å². The Morgan fingerprint density at radius 2 is 2.03 bits per heavy atom. The first-order chi connectivity index (χ1) is 15.1. The molecule has 4 N–H and O–H groups in total. The van der Waals surface area contributed by atoms with E-state index in [1.165, 1.54) is 25.4 Å². The molecule has 1 aliphatic heterocycles. The first kappa shape index (κ1) is 23.8. The van der Waals surface area contributed by atoms with Crippen LogP contribution >= 0.6 is 11.6 Å². The third-order valence-electron chi connectivity index (χ3n) is 4.97. The van der Waals surface area contributed by atoms with Gasteiger partial charge in [0.25, 0.3) is 0 Å². The second-order valence-electron chi connectivity index (χ2n) is 7.16. The highest BCUT2D eigenvalue weighted by molar-refractivity contribution is 6.30. The maximum atomic E-state index is 13.1. The molecule has 1 aliphatic rings. The minimum atomic E-state index is -4.57. The van der Waals surface area contributed by atoms with Gasteiger partial charge in [0.1, 0.15) is 17.9 Å². The van der Waals surface area contributed by atoms with Crippen molar-refractivity contribution in [2.75, 3.05) is 25.6 Å². The summed E-state index contributed by atoms with van der Waals surface area (Å²) in [6.07, 6.45) is -3.20. The van der Waals surface area contributed by atoms with E-state index in [2.05, 4.69) is 10.3 Å². The number of rotatable bonds is 7. The number of benzene rings is 1. The molecule has 3 rings (SSSR count). The molecule has 12 heteroatoms. The van der Waals surface area contributed by atoms with Gasteiger partial charge in [-0.3, -0.25) is 4.79 Å². The second kappa shape index (κ2) is 9.72. The molecule has 2 heterocycles. The standard InChI is InChI=1S/C20H21ClF3N5O3/c1-32-10-14(29-9-15(20(22,23)24)27-19(29)31)12-6-7-26-16(8-12)28-18(30)17(25)11-2-4-13(21)5-3-11/h2-8,14-15,17H,9-10,25H2,1H3,(H,27,31)(H,26,28,30)/t14-,15+,17+/m1/s1. The molecule has 0 unspecified atom stereocenters. The zero-order valence-corrected chi connectivity index (χ0v) is 17.7. The van der Waals surface area contributed by atoms with Crippen LogP contribution in [0.2, 0.25) is 5.02 Å². The van der Waals surface area contributed by atoms with Gasteiger partial charge in [0.05, 0.1) is 19.2 Å². The van der Waals surface area contributed by atoms with Crippen LogP contribution in [0.1, 0.15) is 23.2 Å². The van der Waals surface area contributed by atoms with Crippen LogP contribution in [0, 0.1) is 0 Å². The van der Waals surface area contributed by atoms with Crippen LogP contribution < -0.4 is 16.4 Å². The quantitative estimate of drug-likeness (QED) is 0.575. The number of nitrogens with one attached hydrogen (secondary N) is 2. The van der Waals surface area contributed by atoms with Crippen LogP contribution in [-0.4, -0.2) is 54.3 Å². The molecular formula is C20H21ClF3N5O3. The summed E-state index contributed by atoms with van der Waals surface area (Å²) in [6, 6.07) is 4.79. The molecule has 0 aliphatic carbocycles. The summed E-state index contributed by atoms with van der Waals surface area (Å²) in [6.45, 7) is -0.624. The third kappa shape index (κ3) is 5.47. The molecule has 0 spiro atoms. The van der Waals surface area contributed by atoms with Gasteiger partial charge >= 0.3 is 12.2 Å². The van der Waals surface area contributed by atoms with Crippen LogP contribution in [0.5, 0.6) is 0 Å². The fourth-order valence-corrected chi connectivity index (χ4v) is 3.41. The lowest BCUT2D eigenvalue weighted by Gasteiger charge is -2.27. The minimum Gasteiger partial charge on any atom is -0.382 e. The van der Waals surface area contributed by atoms with Crippen LogP contribution in [-0.2, 0) is 9.53 Å². The van der Waals surface area contributed by atoms with E-state index in [4.69, 9.17) is 22.1 Å². The smallest absolute Gasteiger partial charge is 0.382 e. The van der Waals surface area contributed by atoms with E-state index in [-0.39, 0.29) is 12.4 Å². The van der Waals surface area contributed by atoms with Gasteiger partial charge in [-0.2, -0.15) is 13.2 Å². The summed E-state index contributed by atoms with van der Waals surface area (Å²) in [5.41, 5.74) is 6.96. The average molecular weight is 472 g/mol. The van der Waals surface area contributed by atoms with Crippen LogP contribution in [0.3, 0.4) is 0 Å². The Morgan fingerprint density at radius 3 is 2.62 bits per heavy atom. The largest absolute Gasteiger partial charge is 0.410 e. The molecule has 0 bridgehead atoms. The molecule has 8 nitrogen and oxygen atoms in total. The molecule has 2 aromatic rings. The molecule has 1 aromatic carbocycles. The van der Waals surface area contributed by atoms with Crippen molar-refractivity contribution in [3.8, 4) is 0 Å². The lowest BCUT2D eigenvalue weighted by Crippen LogP contribution is -2.40. The van der Waals surface area contributed by atoms with E-state index < -0.39 is 42.8 Å². The second-order valence-corrected chi connectivity index (χ2v) is 7.60. The fraction of sp³-hybridized carbons (Fsp3) is 0.350. The van der Waals surface area contributed by atoms with E-state index >= 15 is 0 Å². The van der Waals surface area contributed by atoms with Crippen LogP contribution in [0.25, 0.3) is 0 Å². The summed E-state index contributed by atoms with van der Waals surface area (Å²) in [7, 11) is 1.37. The number of pyridine rings is 1. The highest BCUT2D eigenvalue weighted by Crippen LogP contribution is 2.30. The van der Waals surface area contributed by atoms with Crippen molar-refractivity contribution in [1.29, 1.82) is 0 Å². The van der Waals surface area contributed by atoms with Gasteiger partial charge in [0.2, 0.25) is 5.91 Å². The Balaban J connectivity index is 1.77. The van der Waals surface area contributed by atoms with E-state index in [9.17, 15) is 22.8 Å². The van der Waals surface area contributed by atoms with Gasteiger partial charge < -0.3 is 26.0 Å². The molecule has 1 aromatic heterocycles. The van der Waals surface area contributed by atoms with E-state index in [1.54, 1.807) is 24.3 Å². The van der Waals surface area contributed by atoms with Gasteiger partial charge in [-0.05, 0) is 35.4 Å². The summed E-state index contributed by atoms with van der Waals surface area (Å²) in [4.78, 5) is 29.8. The molecule has 172 valence electrons. The molecule has 3 amide bonds. The number of nitrogens with zero attached hydrogens (tertiary/aromatic N) is 2. The van der Waals surface area contributed by atoms with Crippen LogP contribution in [0.4, 0.5) is 23.8 Å². The Morgan fingerprint density at radius 1 is 1.34 bits per heavy atom. The minimum absolute atomic E-state index is 0.0559. The molecule has 32 heavy (non-hydrogen) atoms. The average Bonchev–Trinajstić information content (AvgIpc) is 3.14. The monoisotopic (exact) mass is 471 g/mol. The van der Waals surface area contributed by atoms with Gasteiger partial charge in [0, 0.05) is 18.3 Å². The van der Waals surface area contributed by atoms with E-state index in [0.717, 1.165) is 4.90 Å². The summed E-state index contributed by atoms with van der Waals surface area (Å²) >= 11 is 5.84. The van der Waals surface area contributed by atoms with E-state index in [0.29, 0.717) is 16.1 Å². The number of alkyl halides is 3. The Bertz CT molecular complexity index is 974. The Labute approximate surface area is 186 Å². The third-order valence-corrected chi connectivity index (χ3v) is 5.22. The van der Waals surface area contributed by atoms with Crippen molar-refractivity contribution in [2.45, 2.75) is 24.3 Å². The SMILES string of the molecule is COC[C@H](c1ccnc(NC(=O)[C@@H](N)c2ccc(Cl)cc2)c1)N1C[C@@H](C(F)(F)F)NC1=O. The van der Waals surface area contributed by atoms with Crippen molar-refractivity contribution in [1.82, 2.24) is 15.2 Å². The predicted molar refractivity (Wildman–Crippen MR) is 111 cm³/mol. The number of ether oxygens (including phenoxy) is 1. The van der Waals surface area contributed by atoms with E-state index in [1.807, 2.05) is 5.32 Å². The number of urea groups is 1. The highest BCUT2D eigenvalue weighted by atomic mass is 35.5. The number of carbonyl (C=O) groups is 2. The molecule has 0 radical (unpaired) electrons. The summed E-state index contributed by atoms with van der Waals surface area (Å²) < 4.78 is 44.3. The summed E-state index contributed by atoms with van der Waals surface area (Å²) in [5, 5.41) is 5.01. The topological polar surface area (TPSA) is 110 Å². The van der Waals surface area contributed by atoms with Gasteiger partial charge in [-0.15, -0.1) is 0 Å². The number of halogens is 4. The number of hydrogen-bond donors (Lipinski definition) is 3. The number of nitrogens with two attached hydrogens (primary N) is 1. The maximum absolute atomic E-state index is 13.1. The van der Waals surface area contributed by atoms with Crippen molar-refractivity contribution in [3.63, 3.8) is 0 Å². The first-order valence-corrected chi connectivity index (χ1v) is 9.88. The number of hydrogen-bond acceptors (Lipinski definition) is 5. The number of anilines is 1. The molecule has 3 atom stereocenters. The normalized spacial score (nSPS) is 18.2. The first-order valence-electron chi connectivity index (χ1n) is 9.50. The van der Waals surface area contributed by atoms with Gasteiger partial charge in [-0.25, -0.2) is 9.78 Å². The molecule has 1 saturated heterocycles. The van der Waals surface area contributed by atoms with Gasteiger partial charge in [-0.1, -0.05) is 23.7 Å². The van der Waals surface area contributed by atoms with Crippen molar-refractivity contribution in [2.24, 2.45) is 5.73 Å². The number of methoxy groups -OCH3 is 1. The Kier molecular flexibility index (Phi) is 7.22. The highest BCUT2D eigenvalue weighted by Gasteiger charge is 2.48.